The third kappa shape index (κ3) is 3.33. The van der Waals surface area contributed by atoms with Crippen molar-refractivity contribution in [3.63, 3.8) is 0 Å². The minimum atomic E-state index is -0.441. The molecule has 22 heavy (non-hydrogen) atoms. The molecule has 0 spiro atoms. The maximum absolute atomic E-state index is 12.1. The Morgan fingerprint density at radius 1 is 1.32 bits per heavy atom. The minimum Gasteiger partial charge on any atom is -0.461 e. The number of ether oxygens (including phenoxy) is 1. The first-order chi connectivity index (χ1) is 10.5. The molecule has 0 atom stereocenters. The molecule has 0 aliphatic heterocycles. The summed E-state index contributed by atoms with van der Waals surface area (Å²) < 4.78 is 6.52. The normalized spacial score (nSPS) is 9.86. The molecule has 0 aliphatic rings. The summed E-state index contributed by atoms with van der Waals surface area (Å²) in [5.41, 5.74) is 1.78. The molecule has 0 radical (unpaired) electrons. The van der Waals surface area contributed by atoms with E-state index in [0.29, 0.717) is 22.5 Å². The van der Waals surface area contributed by atoms with Crippen LogP contribution in [0.1, 0.15) is 33.3 Å². The number of esters is 1. The van der Waals surface area contributed by atoms with Gasteiger partial charge < -0.3 is 14.6 Å². The SMILES string of the molecule is CCOC(=O)c1cc(NC(=O)c2ccc(C#N)cc2)cn1C. The molecular formula is C16H15N3O3. The maximum atomic E-state index is 12.1. The Morgan fingerprint density at radius 2 is 2.00 bits per heavy atom. The first-order valence-corrected chi connectivity index (χ1v) is 6.70. The molecule has 1 amide bonds. The van der Waals surface area contributed by atoms with Gasteiger partial charge in [-0.2, -0.15) is 5.26 Å². The smallest absolute Gasteiger partial charge is 0.355 e. The lowest BCUT2D eigenvalue weighted by atomic mass is 10.1. The summed E-state index contributed by atoms with van der Waals surface area (Å²) in [6.45, 7) is 2.02. The number of carbonyl (C=O) groups excluding carboxylic acids is 2. The van der Waals surface area contributed by atoms with Gasteiger partial charge in [0, 0.05) is 18.8 Å². The van der Waals surface area contributed by atoms with Crippen LogP contribution in [0.15, 0.2) is 36.5 Å². The van der Waals surface area contributed by atoms with E-state index in [1.54, 1.807) is 55.1 Å². The third-order valence-corrected chi connectivity index (χ3v) is 3.02. The molecule has 0 bridgehead atoms. The molecule has 2 aromatic rings. The fourth-order valence-corrected chi connectivity index (χ4v) is 1.94. The van der Waals surface area contributed by atoms with E-state index in [9.17, 15) is 9.59 Å². The molecule has 0 saturated carbocycles. The molecule has 1 heterocycles. The van der Waals surface area contributed by atoms with Crippen LogP contribution in [0.2, 0.25) is 0 Å². The number of hydrogen-bond donors (Lipinski definition) is 1. The van der Waals surface area contributed by atoms with E-state index in [2.05, 4.69) is 5.32 Å². The van der Waals surface area contributed by atoms with Gasteiger partial charge in [0.2, 0.25) is 0 Å². The van der Waals surface area contributed by atoms with Crippen molar-refractivity contribution >= 4 is 17.6 Å². The molecular weight excluding hydrogens is 282 g/mol. The Balaban J connectivity index is 2.13. The molecule has 0 aliphatic carbocycles. The van der Waals surface area contributed by atoms with E-state index < -0.39 is 5.97 Å². The van der Waals surface area contributed by atoms with Crippen LogP contribution in [0.25, 0.3) is 0 Å². The Labute approximate surface area is 127 Å². The highest BCUT2D eigenvalue weighted by molar-refractivity contribution is 6.04. The first-order valence-electron chi connectivity index (χ1n) is 6.70. The fraction of sp³-hybridized carbons (Fsp3) is 0.188. The van der Waals surface area contributed by atoms with Gasteiger partial charge in [-0.15, -0.1) is 0 Å². The number of benzene rings is 1. The van der Waals surface area contributed by atoms with Crippen molar-refractivity contribution < 1.29 is 14.3 Å². The highest BCUT2D eigenvalue weighted by Gasteiger charge is 2.14. The van der Waals surface area contributed by atoms with Gasteiger partial charge in [0.05, 0.1) is 23.9 Å². The lowest BCUT2D eigenvalue weighted by Gasteiger charge is -2.02. The van der Waals surface area contributed by atoms with Crippen molar-refractivity contribution in [1.82, 2.24) is 4.57 Å². The van der Waals surface area contributed by atoms with E-state index in [1.165, 1.54) is 0 Å². The van der Waals surface area contributed by atoms with Gasteiger partial charge in [0.15, 0.2) is 0 Å². The highest BCUT2D eigenvalue weighted by Crippen LogP contribution is 2.15. The second kappa shape index (κ2) is 6.59. The Kier molecular flexibility index (Phi) is 4.59. The maximum Gasteiger partial charge on any atom is 0.355 e. The predicted molar refractivity (Wildman–Crippen MR) is 80.5 cm³/mol. The van der Waals surface area contributed by atoms with Crippen LogP contribution in [0.3, 0.4) is 0 Å². The van der Waals surface area contributed by atoms with Crippen molar-refractivity contribution in [2.45, 2.75) is 6.92 Å². The Morgan fingerprint density at radius 3 is 2.59 bits per heavy atom. The van der Waals surface area contributed by atoms with Crippen LogP contribution >= 0.6 is 0 Å². The minimum absolute atomic E-state index is 0.289. The lowest BCUT2D eigenvalue weighted by Crippen LogP contribution is -2.11. The highest BCUT2D eigenvalue weighted by atomic mass is 16.5. The van der Waals surface area contributed by atoms with Crippen LogP contribution in [-0.2, 0) is 11.8 Å². The van der Waals surface area contributed by atoms with Crippen LogP contribution in [0.4, 0.5) is 5.69 Å². The van der Waals surface area contributed by atoms with Crippen molar-refractivity contribution in [2.24, 2.45) is 7.05 Å². The summed E-state index contributed by atoms with van der Waals surface area (Å²) in [6.07, 6.45) is 1.63. The number of anilines is 1. The van der Waals surface area contributed by atoms with Crippen LogP contribution in [-0.4, -0.2) is 23.1 Å². The molecule has 1 aromatic carbocycles. The summed E-state index contributed by atoms with van der Waals surface area (Å²) in [6, 6.07) is 9.84. The first kappa shape index (κ1) is 15.3. The van der Waals surface area contributed by atoms with Crippen LogP contribution < -0.4 is 5.32 Å². The fourth-order valence-electron chi connectivity index (χ4n) is 1.94. The third-order valence-electron chi connectivity index (χ3n) is 3.02. The average molecular weight is 297 g/mol. The van der Waals surface area contributed by atoms with Gasteiger partial charge >= 0.3 is 5.97 Å². The van der Waals surface area contributed by atoms with E-state index >= 15 is 0 Å². The number of amides is 1. The predicted octanol–water partition coefficient (Wildman–Crippen LogP) is 2.33. The van der Waals surface area contributed by atoms with Crippen LogP contribution in [0, 0.1) is 11.3 Å². The van der Waals surface area contributed by atoms with Crippen molar-refractivity contribution in [3.05, 3.63) is 53.3 Å². The summed E-state index contributed by atoms with van der Waals surface area (Å²) in [7, 11) is 1.70. The monoisotopic (exact) mass is 297 g/mol. The van der Waals surface area contributed by atoms with E-state index in [1.807, 2.05) is 6.07 Å². The molecule has 0 fully saturated rings. The number of aryl methyl sites for hydroxylation is 1. The van der Waals surface area contributed by atoms with Gasteiger partial charge in [0.1, 0.15) is 5.69 Å². The van der Waals surface area contributed by atoms with Crippen LogP contribution in [0.5, 0.6) is 0 Å². The zero-order valence-corrected chi connectivity index (χ0v) is 12.3. The summed E-state index contributed by atoms with van der Waals surface area (Å²) in [5, 5.41) is 11.4. The zero-order chi connectivity index (χ0) is 16.1. The second-order valence-electron chi connectivity index (χ2n) is 4.59. The quantitative estimate of drug-likeness (QED) is 0.878. The van der Waals surface area contributed by atoms with E-state index in [-0.39, 0.29) is 12.5 Å². The van der Waals surface area contributed by atoms with Crippen molar-refractivity contribution in [1.29, 1.82) is 5.26 Å². The van der Waals surface area contributed by atoms with Crippen molar-refractivity contribution in [3.8, 4) is 6.07 Å². The number of nitrogens with zero attached hydrogens (tertiary/aromatic N) is 2. The molecule has 1 N–H and O–H groups in total. The molecule has 0 saturated heterocycles. The topological polar surface area (TPSA) is 84.1 Å². The number of nitrogens with one attached hydrogen (secondary N) is 1. The number of nitriles is 1. The Bertz CT molecular complexity index is 739. The molecule has 112 valence electrons. The summed E-state index contributed by atoms with van der Waals surface area (Å²) in [4.78, 5) is 23.8. The number of hydrogen-bond acceptors (Lipinski definition) is 4. The standard InChI is InChI=1S/C16H15N3O3/c1-3-22-16(21)14-8-13(10-19(14)2)18-15(20)12-6-4-11(9-17)5-7-12/h4-8,10H,3H2,1-2H3,(H,18,20). The molecule has 1 aromatic heterocycles. The Hall–Kier alpha value is -3.07. The van der Waals surface area contributed by atoms with Gasteiger partial charge in [-0.3, -0.25) is 4.79 Å². The summed E-state index contributed by atoms with van der Waals surface area (Å²) >= 11 is 0. The average Bonchev–Trinajstić information content (AvgIpc) is 2.88. The lowest BCUT2D eigenvalue weighted by molar-refractivity contribution is 0.0515. The number of aromatic nitrogens is 1. The van der Waals surface area contributed by atoms with Gasteiger partial charge in [-0.1, -0.05) is 0 Å². The van der Waals surface area contributed by atoms with E-state index in [0.717, 1.165) is 0 Å². The molecule has 2 rings (SSSR count). The molecule has 6 heteroatoms. The van der Waals surface area contributed by atoms with Crippen molar-refractivity contribution in [2.75, 3.05) is 11.9 Å². The summed E-state index contributed by atoms with van der Waals surface area (Å²) in [5.74, 6) is -0.755. The molecule has 6 nitrogen and oxygen atoms in total. The van der Waals surface area contributed by atoms with Gasteiger partial charge in [0.25, 0.3) is 5.91 Å². The second-order valence-corrected chi connectivity index (χ2v) is 4.59. The molecule has 0 unspecified atom stereocenters. The zero-order valence-electron chi connectivity index (χ0n) is 12.3. The largest absolute Gasteiger partial charge is 0.461 e. The van der Waals surface area contributed by atoms with Gasteiger partial charge in [-0.05, 0) is 37.3 Å². The van der Waals surface area contributed by atoms with E-state index in [4.69, 9.17) is 10.00 Å². The number of rotatable bonds is 4. The number of carbonyl (C=O) groups is 2. The van der Waals surface area contributed by atoms with Gasteiger partial charge in [-0.25, -0.2) is 4.79 Å².